The highest BCUT2D eigenvalue weighted by atomic mass is 32.2. The van der Waals surface area contributed by atoms with E-state index >= 15 is 0 Å². The molecule has 0 atom stereocenters. The Kier molecular flexibility index (Phi) is 4.43. The van der Waals surface area contributed by atoms with Crippen LogP contribution in [0.3, 0.4) is 0 Å². The molecule has 0 aliphatic heterocycles. The van der Waals surface area contributed by atoms with E-state index in [2.05, 4.69) is 14.9 Å². The highest BCUT2D eigenvalue weighted by Gasteiger charge is 2.25. The quantitative estimate of drug-likeness (QED) is 0.751. The third-order valence-electron chi connectivity index (χ3n) is 2.86. The van der Waals surface area contributed by atoms with Gasteiger partial charge in [-0.25, -0.2) is 17.9 Å². The lowest BCUT2D eigenvalue weighted by Crippen LogP contribution is -2.26. The standard InChI is InChI=1S/C12H16N4O4S/c1-3-20-12(17)10-8-13-15-11(10)21(18,19)14-7-9-5-4-6-16(9)2/h4-6,8,14H,3,7H2,1-2H3,(H,13,15). The number of sulfonamides is 1. The largest absolute Gasteiger partial charge is 0.462 e. The molecule has 0 unspecified atom stereocenters. The molecule has 0 bridgehead atoms. The number of aryl methyl sites for hydroxylation is 1. The molecule has 9 heteroatoms. The second-order valence-corrected chi connectivity index (χ2v) is 5.97. The number of hydrogen-bond acceptors (Lipinski definition) is 5. The van der Waals surface area contributed by atoms with Gasteiger partial charge in [-0.3, -0.25) is 5.10 Å². The molecule has 2 heterocycles. The van der Waals surface area contributed by atoms with E-state index in [4.69, 9.17) is 4.74 Å². The Morgan fingerprint density at radius 3 is 2.90 bits per heavy atom. The Labute approximate surface area is 122 Å². The molecular weight excluding hydrogens is 296 g/mol. The summed E-state index contributed by atoms with van der Waals surface area (Å²) in [6.45, 7) is 1.90. The fourth-order valence-corrected chi connectivity index (χ4v) is 2.84. The minimum atomic E-state index is -3.89. The maximum Gasteiger partial charge on any atom is 0.342 e. The van der Waals surface area contributed by atoms with Crippen LogP contribution in [0.2, 0.25) is 0 Å². The lowest BCUT2D eigenvalue weighted by molar-refractivity contribution is 0.0522. The van der Waals surface area contributed by atoms with Crippen LogP contribution < -0.4 is 4.72 Å². The van der Waals surface area contributed by atoms with Crippen LogP contribution in [0, 0.1) is 0 Å². The predicted octanol–water partition coefficient (Wildman–Crippen LogP) is 0.403. The van der Waals surface area contributed by atoms with Crippen molar-refractivity contribution in [2.24, 2.45) is 7.05 Å². The summed E-state index contributed by atoms with van der Waals surface area (Å²) >= 11 is 0. The van der Waals surface area contributed by atoms with Gasteiger partial charge in [0.2, 0.25) is 0 Å². The summed E-state index contributed by atoms with van der Waals surface area (Å²) in [4.78, 5) is 11.7. The average molecular weight is 312 g/mol. The number of carbonyl (C=O) groups is 1. The van der Waals surface area contributed by atoms with Gasteiger partial charge in [-0.2, -0.15) is 5.10 Å². The van der Waals surface area contributed by atoms with Gasteiger partial charge in [-0.1, -0.05) is 0 Å². The first kappa shape index (κ1) is 15.3. The van der Waals surface area contributed by atoms with E-state index in [9.17, 15) is 13.2 Å². The maximum absolute atomic E-state index is 12.2. The zero-order valence-corrected chi connectivity index (χ0v) is 12.5. The fourth-order valence-electron chi connectivity index (χ4n) is 1.75. The van der Waals surface area contributed by atoms with Crippen molar-refractivity contribution in [3.05, 3.63) is 35.8 Å². The summed E-state index contributed by atoms with van der Waals surface area (Å²) in [5.41, 5.74) is 0.673. The van der Waals surface area contributed by atoms with Gasteiger partial charge in [0.05, 0.1) is 19.3 Å². The molecule has 0 amide bonds. The van der Waals surface area contributed by atoms with Crippen molar-refractivity contribution in [3.8, 4) is 0 Å². The van der Waals surface area contributed by atoms with E-state index in [0.717, 1.165) is 11.9 Å². The number of ether oxygens (including phenoxy) is 1. The van der Waals surface area contributed by atoms with Gasteiger partial charge in [0, 0.05) is 18.9 Å². The Bertz CT molecular complexity index is 732. The second-order valence-electron chi connectivity index (χ2n) is 4.27. The number of carbonyl (C=O) groups excluding carboxylic acids is 1. The van der Waals surface area contributed by atoms with E-state index in [-0.39, 0.29) is 23.7 Å². The predicted molar refractivity (Wildman–Crippen MR) is 74.0 cm³/mol. The summed E-state index contributed by atoms with van der Waals surface area (Å²) in [5, 5.41) is 5.63. The Morgan fingerprint density at radius 1 is 1.52 bits per heavy atom. The van der Waals surface area contributed by atoms with Gasteiger partial charge in [-0.15, -0.1) is 0 Å². The lowest BCUT2D eigenvalue weighted by atomic mass is 10.4. The first-order valence-electron chi connectivity index (χ1n) is 6.26. The molecule has 0 aromatic carbocycles. The molecule has 2 aromatic heterocycles. The molecule has 0 spiro atoms. The molecule has 114 valence electrons. The maximum atomic E-state index is 12.2. The molecule has 0 radical (unpaired) electrons. The third kappa shape index (κ3) is 3.31. The highest BCUT2D eigenvalue weighted by Crippen LogP contribution is 2.13. The smallest absolute Gasteiger partial charge is 0.342 e. The molecule has 2 rings (SSSR count). The van der Waals surface area contributed by atoms with Gasteiger partial charge in [0.1, 0.15) is 5.56 Å². The number of aromatic nitrogens is 3. The molecule has 0 fully saturated rings. The topological polar surface area (TPSA) is 106 Å². The summed E-state index contributed by atoms with van der Waals surface area (Å²) in [7, 11) is -2.08. The zero-order valence-electron chi connectivity index (χ0n) is 11.7. The molecule has 2 aromatic rings. The molecule has 21 heavy (non-hydrogen) atoms. The van der Waals surface area contributed by atoms with Crippen molar-refractivity contribution >= 4 is 16.0 Å². The monoisotopic (exact) mass is 312 g/mol. The van der Waals surface area contributed by atoms with Crippen LogP contribution in [0.4, 0.5) is 0 Å². The van der Waals surface area contributed by atoms with Crippen LogP contribution >= 0.6 is 0 Å². The Hall–Kier alpha value is -2.13. The van der Waals surface area contributed by atoms with Gasteiger partial charge >= 0.3 is 5.97 Å². The van der Waals surface area contributed by atoms with Crippen LogP contribution in [-0.4, -0.2) is 35.8 Å². The molecule has 0 aliphatic carbocycles. The number of hydrogen-bond donors (Lipinski definition) is 2. The summed E-state index contributed by atoms with van der Waals surface area (Å²) < 4.78 is 33.5. The minimum absolute atomic E-state index is 0.104. The van der Waals surface area contributed by atoms with Crippen LogP contribution in [-0.2, 0) is 28.4 Å². The fraction of sp³-hybridized carbons (Fsp3) is 0.333. The molecule has 8 nitrogen and oxygen atoms in total. The summed E-state index contributed by atoms with van der Waals surface area (Å²) in [6.07, 6.45) is 2.94. The van der Waals surface area contributed by atoms with Crippen molar-refractivity contribution in [1.29, 1.82) is 0 Å². The molecule has 0 saturated carbocycles. The number of aromatic amines is 1. The Morgan fingerprint density at radius 2 is 2.29 bits per heavy atom. The normalized spacial score (nSPS) is 11.5. The van der Waals surface area contributed by atoms with Crippen LogP contribution in [0.15, 0.2) is 29.6 Å². The van der Waals surface area contributed by atoms with E-state index in [0.29, 0.717) is 0 Å². The van der Waals surface area contributed by atoms with Crippen LogP contribution in [0.25, 0.3) is 0 Å². The molecule has 0 aliphatic rings. The van der Waals surface area contributed by atoms with Crippen LogP contribution in [0.5, 0.6) is 0 Å². The molecular formula is C12H16N4O4S. The highest BCUT2D eigenvalue weighted by molar-refractivity contribution is 7.89. The van der Waals surface area contributed by atoms with Gasteiger partial charge < -0.3 is 9.30 Å². The summed E-state index contributed by atoms with van der Waals surface area (Å²) in [5.74, 6) is -0.731. The number of nitrogens with zero attached hydrogens (tertiary/aromatic N) is 2. The van der Waals surface area contributed by atoms with Crippen molar-refractivity contribution in [3.63, 3.8) is 0 Å². The number of rotatable bonds is 6. The van der Waals surface area contributed by atoms with E-state index < -0.39 is 16.0 Å². The number of nitrogens with one attached hydrogen (secondary N) is 2. The molecule has 2 N–H and O–H groups in total. The van der Waals surface area contributed by atoms with Gasteiger partial charge in [-0.05, 0) is 19.1 Å². The average Bonchev–Trinajstić information content (AvgIpc) is 3.05. The van der Waals surface area contributed by atoms with E-state index in [1.807, 2.05) is 19.3 Å². The van der Waals surface area contributed by atoms with Gasteiger partial charge in [0.25, 0.3) is 10.0 Å². The first-order chi connectivity index (χ1) is 9.95. The SMILES string of the molecule is CCOC(=O)c1cn[nH]c1S(=O)(=O)NCc1cccn1C. The minimum Gasteiger partial charge on any atom is -0.462 e. The number of H-pyrrole nitrogens is 1. The van der Waals surface area contributed by atoms with Crippen molar-refractivity contribution in [2.45, 2.75) is 18.5 Å². The lowest BCUT2D eigenvalue weighted by Gasteiger charge is -2.07. The van der Waals surface area contributed by atoms with E-state index in [1.165, 1.54) is 0 Å². The van der Waals surface area contributed by atoms with Crippen molar-refractivity contribution in [2.75, 3.05) is 6.61 Å². The Balaban J connectivity index is 2.19. The third-order valence-corrected chi connectivity index (χ3v) is 4.24. The van der Waals surface area contributed by atoms with Crippen molar-refractivity contribution in [1.82, 2.24) is 19.5 Å². The van der Waals surface area contributed by atoms with E-state index in [1.54, 1.807) is 17.6 Å². The van der Waals surface area contributed by atoms with Crippen molar-refractivity contribution < 1.29 is 17.9 Å². The second kappa shape index (κ2) is 6.10. The first-order valence-corrected chi connectivity index (χ1v) is 7.74. The number of esters is 1. The molecule has 0 saturated heterocycles. The summed E-state index contributed by atoms with van der Waals surface area (Å²) in [6, 6.07) is 3.60. The van der Waals surface area contributed by atoms with Crippen LogP contribution in [0.1, 0.15) is 23.0 Å². The zero-order chi connectivity index (χ0) is 15.5. The van der Waals surface area contributed by atoms with Gasteiger partial charge in [0.15, 0.2) is 5.03 Å².